The summed E-state index contributed by atoms with van der Waals surface area (Å²) in [4.78, 5) is 2.79. The molecule has 0 radical (unpaired) electrons. The molecule has 4 rings (SSSR count). The van der Waals surface area contributed by atoms with E-state index < -0.39 is 0 Å². The Kier molecular flexibility index (Phi) is 3.06. The first kappa shape index (κ1) is 11.8. The monoisotopic (exact) mass is 233 g/mol. The van der Waals surface area contributed by atoms with Crippen LogP contribution in [0.15, 0.2) is 12.2 Å². The predicted octanol–water partition coefficient (Wildman–Crippen LogP) is 3.85. The molecule has 0 unspecified atom stereocenters. The maximum Gasteiger partial charge on any atom is 0.0220 e. The van der Waals surface area contributed by atoms with Crippen molar-refractivity contribution >= 4 is 0 Å². The fourth-order valence-corrected chi connectivity index (χ4v) is 5.34. The van der Waals surface area contributed by atoms with Gasteiger partial charge < -0.3 is 0 Å². The third-order valence-electron chi connectivity index (χ3n) is 5.62. The molecule has 4 bridgehead atoms. The summed E-state index contributed by atoms with van der Waals surface area (Å²) < 4.78 is 0. The Bertz CT molecular complexity index is 269. The molecule has 96 valence electrons. The van der Waals surface area contributed by atoms with Crippen LogP contribution in [0.3, 0.4) is 0 Å². The largest absolute Gasteiger partial charge is 0.294 e. The van der Waals surface area contributed by atoms with Crippen molar-refractivity contribution in [1.82, 2.24) is 4.90 Å². The molecule has 1 nitrogen and oxygen atoms in total. The van der Waals surface area contributed by atoms with Crippen molar-refractivity contribution in [3.05, 3.63) is 12.2 Å². The lowest BCUT2D eigenvalue weighted by atomic mass is 9.52. The lowest BCUT2D eigenvalue weighted by Gasteiger charge is -2.60. The third kappa shape index (κ3) is 1.97. The second-order valence-corrected chi connectivity index (χ2v) is 6.75. The van der Waals surface area contributed by atoms with Gasteiger partial charge in [0, 0.05) is 12.1 Å². The lowest BCUT2D eigenvalue weighted by molar-refractivity contribution is -0.0829. The second-order valence-electron chi connectivity index (χ2n) is 6.75. The fraction of sp³-hybridized carbons (Fsp3) is 0.875. The van der Waals surface area contributed by atoms with Gasteiger partial charge in [-0.1, -0.05) is 19.1 Å². The van der Waals surface area contributed by atoms with Crippen molar-refractivity contribution < 1.29 is 0 Å². The number of allylic oxidation sites excluding steroid dienone is 1. The highest BCUT2D eigenvalue weighted by atomic mass is 15.2. The Hall–Kier alpha value is -0.300. The molecule has 0 heterocycles. The van der Waals surface area contributed by atoms with E-state index in [1.54, 1.807) is 19.3 Å². The van der Waals surface area contributed by atoms with Gasteiger partial charge in [0.05, 0.1) is 0 Å². The summed E-state index contributed by atoms with van der Waals surface area (Å²) >= 11 is 0. The third-order valence-corrected chi connectivity index (χ3v) is 5.62. The van der Waals surface area contributed by atoms with Crippen LogP contribution in [0.5, 0.6) is 0 Å². The highest BCUT2D eigenvalue weighted by Gasteiger charge is 2.52. The molecule has 4 aliphatic rings. The zero-order chi connectivity index (χ0) is 11.9. The SMILES string of the molecule is CC=CCN(CC)C12CC3CC(CC(C3)C1)C2. The van der Waals surface area contributed by atoms with Crippen LogP contribution in [0.1, 0.15) is 52.4 Å². The van der Waals surface area contributed by atoms with E-state index in [1.165, 1.54) is 32.4 Å². The summed E-state index contributed by atoms with van der Waals surface area (Å²) in [6.45, 7) is 6.91. The van der Waals surface area contributed by atoms with Crippen LogP contribution in [-0.2, 0) is 0 Å². The van der Waals surface area contributed by atoms with Crippen molar-refractivity contribution in [3.8, 4) is 0 Å². The van der Waals surface area contributed by atoms with E-state index in [0.29, 0.717) is 5.54 Å². The van der Waals surface area contributed by atoms with Gasteiger partial charge >= 0.3 is 0 Å². The molecule has 0 aromatic carbocycles. The van der Waals surface area contributed by atoms with Gasteiger partial charge in [-0.3, -0.25) is 4.90 Å². The van der Waals surface area contributed by atoms with E-state index in [0.717, 1.165) is 17.8 Å². The van der Waals surface area contributed by atoms with E-state index in [-0.39, 0.29) is 0 Å². The molecule has 0 atom stereocenters. The van der Waals surface area contributed by atoms with E-state index >= 15 is 0 Å². The second kappa shape index (κ2) is 4.42. The molecule has 0 spiro atoms. The van der Waals surface area contributed by atoms with Gasteiger partial charge in [0.25, 0.3) is 0 Å². The molecule has 0 amide bonds. The summed E-state index contributed by atoms with van der Waals surface area (Å²) in [6.07, 6.45) is 13.7. The highest BCUT2D eigenvalue weighted by Crippen LogP contribution is 2.57. The van der Waals surface area contributed by atoms with Crippen LogP contribution < -0.4 is 0 Å². The number of rotatable bonds is 4. The molecule has 4 saturated carbocycles. The Morgan fingerprint density at radius 1 is 1.06 bits per heavy atom. The molecule has 4 fully saturated rings. The summed E-state index contributed by atoms with van der Waals surface area (Å²) in [6, 6.07) is 0. The molecule has 0 aromatic heterocycles. The number of nitrogens with zero attached hydrogens (tertiary/aromatic N) is 1. The standard InChI is InChI=1S/C16H27N/c1-3-5-6-17(4-2)16-10-13-7-14(11-16)9-15(8-13)12-16/h3,5,13-15H,4,6-12H2,1-2H3. The van der Waals surface area contributed by atoms with Crippen molar-refractivity contribution in [2.24, 2.45) is 17.8 Å². The molecular formula is C16H27N. The van der Waals surface area contributed by atoms with Crippen LogP contribution in [0.4, 0.5) is 0 Å². The Morgan fingerprint density at radius 2 is 1.59 bits per heavy atom. The zero-order valence-electron chi connectivity index (χ0n) is 11.5. The summed E-state index contributed by atoms with van der Waals surface area (Å²) in [5, 5.41) is 0. The van der Waals surface area contributed by atoms with Gasteiger partial charge in [-0.2, -0.15) is 0 Å². The quantitative estimate of drug-likeness (QED) is 0.667. The first-order valence-corrected chi connectivity index (χ1v) is 7.62. The molecule has 4 aliphatic carbocycles. The summed E-state index contributed by atoms with van der Waals surface area (Å²) in [5.41, 5.74) is 0.600. The van der Waals surface area contributed by atoms with E-state index in [2.05, 4.69) is 30.9 Å². The van der Waals surface area contributed by atoms with Crippen LogP contribution in [0.25, 0.3) is 0 Å². The summed E-state index contributed by atoms with van der Waals surface area (Å²) in [5.74, 6) is 3.21. The topological polar surface area (TPSA) is 3.24 Å². The van der Waals surface area contributed by atoms with Crippen LogP contribution in [-0.4, -0.2) is 23.5 Å². The zero-order valence-corrected chi connectivity index (χ0v) is 11.5. The molecule has 0 aromatic rings. The van der Waals surface area contributed by atoms with E-state index in [4.69, 9.17) is 0 Å². The van der Waals surface area contributed by atoms with Gasteiger partial charge in [0.1, 0.15) is 0 Å². The number of hydrogen-bond acceptors (Lipinski definition) is 1. The average molecular weight is 233 g/mol. The minimum atomic E-state index is 0.600. The van der Waals surface area contributed by atoms with Gasteiger partial charge in [-0.05, 0) is 69.7 Å². The Labute approximate surface area is 106 Å². The first-order chi connectivity index (χ1) is 8.25. The maximum atomic E-state index is 2.79. The normalized spacial score (nSPS) is 44.1. The Balaban J connectivity index is 1.80. The van der Waals surface area contributed by atoms with Crippen LogP contribution in [0.2, 0.25) is 0 Å². The summed E-state index contributed by atoms with van der Waals surface area (Å²) in [7, 11) is 0. The fourth-order valence-electron chi connectivity index (χ4n) is 5.34. The Morgan fingerprint density at radius 3 is 2.00 bits per heavy atom. The number of likely N-dealkylation sites (N-methyl/N-ethyl adjacent to an activating group) is 1. The molecule has 17 heavy (non-hydrogen) atoms. The number of hydrogen-bond donors (Lipinski definition) is 0. The van der Waals surface area contributed by atoms with Crippen molar-refractivity contribution in [3.63, 3.8) is 0 Å². The minimum Gasteiger partial charge on any atom is -0.294 e. The maximum absolute atomic E-state index is 2.79. The highest BCUT2D eigenvalue weighted by molar-refractivity contribution is 5.08. The van der Waals surface area contributed by atoms with Gasteiger partial charge in [0.2, 0.25) is 0 Å². The predicted molar refractivity (Wildman–Crippen MR) is 73.0 cm³/mol. The molecule has 0 aliphatic heterocycles. The molecule has 0 N–H and O–H groups in total. The van der Waals surface area contributed by atoms with Crippen LogP contribution in [0, 0.1) is 17.8 Å². The van der Waals surface area contributed by atoms with Crippen molar-refractivity contribution in [2.45, 2.75) is 57.9 Å². The lowest BCUT2D eigenvalue weighted by Crippen LogP contribution is -2.59. The van der Waals surface area contributed by atoms with Crippen molar-refractivity contribution in [2.75, 3.05) is 13.1 Å². The molecular weight excluding hydrogens is 206 g/mol. The molecule has 1 heteroatoms. The van der Waals surface area contributed by atoms with Gasteiger partial charge in [-0.15, -0.1) is 0 Å². The minimum absolute atomic E-state index is 0.600. The van der Waals surface area contributed by atoms with Crippen molar-refractivity contribution in [1.29, 1.82) is 0 Å². The average Bonchev–Trinajstić information content (AvgIpc) is 2.27. The van der Waals surface area contributed by atoms with Gasteiger partial charge in [0.15, 0.2) is 0 Å². The van der Waals surface area contributed by atoms with E-state index in [1.807, 2.05) is 0 Å². The van der Waals surface area contributed by atoms with Gasteiger partial charge in [-0.25, -0.2) is 0 Å². The smallest absolute Gasteiger partial charge is 0.0220 e. The van der Waals surface area contributed by atoms with E-state index in [9.17, 15) is 0 Å². The molecule has 0 saturated heterocycles. The first-order valence-electron chi connectivity index (χ1n) is 7.62. The van der Waals surface area contributed by atoms with Crippen LogP contribution >= 0.6 is 0 Å².